The average Bonchev–Trinajstić information content (AvgIpc) is 1.39. The number of fused-ring (bicyclic) bond motifs is 22. The zero-order valence-electron chi connectivity index (χ0n) is 73.0. The van der Waals surface area contributed by atoms with Gasteiger partial charge in [0.2, 0.25) is 0 Å². The van der Waals surface area contributed by atoms with Gasteiger partial charge in [-0.15, -0.1) is 0 Å². The fourth-order valence-corrected chi connectivity index (χ4v) is 37.3. The van der Waals surface area contributed by atoms with E-state index in [1.807, 2.05) is 12.1 Å². The van der Waals surface area contributed by atoms with E-state index in [9.17, 15) is 34.8 Å². The van der Waals surface area contributed by atoms with E-state index < -0.39 is 11.2 Å². The van der Waals surface area contributed by atoms with Crippen LogP contribution in [0.15, 0.2) is 55.2 Å². The van der Waals surface area contributed by atoms with Crippen LogP contribution >= 0.6 is 0 Å². The van der Waals surface area contributed by atoms with Crippen LogP contribution in [-0.4, -0.2) is 74.9 Å². The van der Waals surface area contributed by atoms with Gasteiger partial charge in [-0.25, -0.2) is 9.59 Å². The van der Waals surface area contributed by atoms with Gasteiger partial charge in [-0.3, -0.25) is 9.50 Å². The number of rotatable bonds is 3. The summed E-state index contributed by atoms with van der Waals surface area (Å²) in [6, 6.07) is 6.84. The second-order valence-electron chi connectivity index (χ2n) is 46.9. The minimum Gasteiger partial charge on any atom is -0.465 e. The highest BCUT2D eigenvalue weighted by Crippen LogP contribution is 2.79. The first-order chi connectivity index (χ1) is 53.7. The first-order valence-electron chi connectivity index (χ1n) is 48.1. The molecule has 4 N–H and O–H groups in total. The van der Waals surface area contributed by atoms with E-state index in [-0.39, 0.29) is 84.2 Å². The molecule has 3 aliphatic heterocycles. The maximum atomic E-state index is 12.4. The molecule has 19 aliphatic rings. The summed E-state index contributed by atoms with van der Waals surface area (Å²) < 4.78 is 29.3. The molecule has 12 nitrogen and oxygen atoms in total. The molecule has 19 fully saturated rings. The molecular formula is C101H155FO12. The Labute approximate surface area is 685 Å². The van der Waals surface area contributed by atoms with Crippen LogP contribution in [0, 0.1) is 155 Å². The van der Waals surface area contributed by atoms with Gasteiger partial charge in [0.05, 0.1) is 55.3 Å². The fraction of sp³-hybridized carbons (Fsp3) is 0.891. The van der Waals surface area contributed by atoms with Crippen molar-refractivity contribution in [1.82, 2.24) is 0 Å². The minimum absolute atomic E-state index is 0. The zero-order valence-corrected chi connectivity index (χ0v) is 73.0. The summed E-state index contributed by atoms with van der Waals surface area (Å²) in [5.74, 6) is 13.7. The molecule has 13 heteroatoms. The second kappa shape index (κ2) is 29.7. The number of aliphatic hydroxyl groups excluding tert-OH is 2. The first kappa shape index (κ1) is 83.3. The molecule has 0 radical (unpaired) electrons. The molecule has 2 aromatic rings. The van der Waals surface area contributed by atoms with Gasteiger partial charge in [-0.1, -0.05) is 109 Å². The van der Waals surface area contributed by atoms with Crippen molar-refractivity contribution in [2.75, 3.05) is 13.2 Å². The van der Waals surface area contributed by atoms with Crippen LogP contribution in [0.1, 0.15) is 369 Å². The molecule has 0 aromatic carbocycles. The van der Waals surface area contributed by atoms with Crippen molar-refractivity contribution < 1.29 is 53.0 Å². The predicted molar refractivity (Wildman–Crippen MR) is 445 cm³/mol. The van der Waals surface area contributed by atoms with E-state index in [0.717, 1.165) is 205 Å². The summed E-state index contributed by atoms with van der Waals surface area (Å²) in [6.45, 7) is 31.3. The van der Waals surface area contributed by atoms with Gasteiger partial charge >= 0.3 is 17.2 Å². The topological polar surface area (TPSA) is 186 Å². The fourth-order valence-electron chi connectivity index (χ4n) is 37.3. The standard InChI is InChI=1S/C27H44O2.2C25H36O4.C24H38O2.FH/c1-17-10-14-27(28-16-17)18(2)24-23(29-27)15-22-20-9-8-19-7-5-6-12-25(19,3)21(20)11-13-26(22,24)4;2*1-22-10-7-18(26)14-17(22)6-11-24(3)20(22)9-12-23(2)19(8-13-25(23,24)28)16-4-5-21(27)29-15-16;1-23-13-4-3-5-17(23)7-8-18-20-10-9-19(16-6-11-22(25)26-15-16)24(20,2)14-12-21(18)23;/h17-24H,5-16H2,1-4H3;2*4-5,15,17-20,26,28H,6-14H2,1-3H3;16-21H,3-15H2,1-2H3;1H/t17?,18-,19-,20+,21-,22-,23-,24-,25-,26-,27+;2*17-,18+,19-,20?,22+,23-,24-,25-;16-,17-,18-,19+,20+,21-,23-,24+;/m0110./s1. The SMILES string of the molecule is CC1CC[C@@]2(OC1)O[C@H]1C[C@H]3[C@@H]4CC[C@@H]5CCCC[C@]5(C)[C@H]4CC[C@]3(C)[C@H]1[C@@H]2C.C[C@]12CC[C@H](O)C[C@H]1CC[C@]1(C)C2CC[C@]2(C)[C@@H](c3ccc(=O)oc3)CC[C@]12O.C[C@]12CC[C@H](O)C[C@H]1CC[C@]1(C)C2CC[C@]2(C)[C@@H](c3ccc(=O)oc3)CC[C@]12O.C[C@]12CC[C@H]3[C@@H](CC[C@@H]4CCCC[C@@]43C)[C@H]1CC[C@@H]2[C@H]1CCC(=O)OC1.F. The number of carbonyl (C=O) groups excluding carboxylic acids is 1. The lowest BCUT2D eigenvalue weighted by Crippen LogP contribution is -2.67. The van der Waals surface area contributed by atoms with Crippen molar-refractivity contribution in [2.45, 2.75) is 393 Å². The summed E-state index contributed by atoms with van der Waals surface area (Å²) in [4.78, 5) is 34.4. The molecule has 16 saturated carbocycles. The van der Waals surface area contributed by atoms with Crippen molar-refractivity contribution in [1.29, 1.82) is 0 Å². The van der Waals surface area contributed by atoms with Crippen LogP contribution in [0.3, 0.4) is 0 Å². The van der Waals surface area contributed by atoms with Gasteiger partial charge in [-0.05, 0) is 387 Å². The molecule has 1 spiro atoms. The molecule has 3 unspecified atom stereocenters. The van der Waals surface area contributed by atoms with Crippen LogP contribution in [-0.2, 0) is 19.0 Å². The van der Waals surface area contributed by atoms with Crippen molar-refractivity contribution in [3.8, 4) is 0 Å². The van der Waals surface area contributed by atoms with Gasteiger partial charge in [-0.2, -0.15) is 0 Å². The highest BCUT2D eigenvalue weighted by Gasteiger charge is 2.76. The molecule has 0 amide bonds. The van der Waals surface area contributed by atoms with E-state index in [1.165, 1.54) is 141 Å². The normalized spacial score (nSPS) is 54.3. The first-order valence-corrected chi connectivity index (χ1v) is 48.1. The number of cyclic esters (lactones) is 1. The third-order valence-electron chi connectivity index (χ3n) is 43.5. The monoisotopic (exact) mass is 1580 g/mol. The van der Waals surface area contributed by atoms with E-state index in [2.05, 4.69) is 83.1 Å². The van der Waals surface area contributed by atoms with Crippen LogP contribution in [0.25, 0.3) is 0 Å². The van der Waals surface area contributed by atoms with E-state index in [0.29, 0.717) is 82.2 Å². The Morgan fingerprint density at radius 2 is 0.877 bits per heavy atom. The lowest BCUT2D eigenvalue weighted by molar-refractivity contribution is -0.273. The van der Waals surface area contributed by atoms with Crippen LogP contribution in [0.2, 0.25) is 0 Å². The third-order valence-corrected chi connectivity index (χ3v) is 43.5. The lowest BCUT2D eigenvalue weighted by Gasteiger charge is -2.68. The average molecular weight is 1580 g/mol. The van der Waals surface area contributed by atoms with E-state index in [4.69, 9.17) is 23.0 Å². The lowest BCUT2D eigenvalue weighted by atomic mass is 9.38. The maximum Gasteiger partial charge on any atom is 0.335 e. The smallest absolute Gasteiger partial charge is 0.335 e. The van der Waals surface area contributed by atoms with Crippen molar-refractivity contribution in [3.63, 3.8) is 0 Å². The highest BCUT2D eigenvalue weighted by atomic mass is 19.0. The molecule has 638 valence electrons. The number of hydrogen-bond donors (Lipinski definition) is 4. The number of aliphatic hydroxyl groups is 4. The maximum absolute atomic E-state index is 12.4. The molecule has 2 aromatic heterocycles. The van der Waals surface area contributed by atoms with E-state index in [1.54, 1.807) is 12.5 Å². The van der Waals surface area contributed by atoms with E-state index >= 15 is 0 Å². The number of ether oxygens (including phenoxy) is 3. The van der Waals surface area contributed by atoms with Gasteiger partial charge in [0.15, 0.2) is 5.79 Å². The highest BCUT2D eigenvalue weighted by molar-refractivity contribution is 5.70. The van der Waals surface area contributed by atoms with Gasteiger partial charge < -0.3 is 43.5 Å². The Hall–Kier alpha value is -2.94. The molecule has 16 aliphatic carbocycles. The molecule has 21 rings (SSSR count). The minimum atomic E-state index is -0.701. The van der Waals surface area contributed by atoms with Crippen molar-refractivity contribution >= 4 is 5.97 Å². The predicted octanol–water partition coefficient (Wildman–Crippen LogP) is 22.2. The Bertz CT molecular complexity index is 3750. The molecule has 35 atom stereocenters. The number of carbonyl (C=O) groups is 1. The number of esters is 1. The third kappa shape index (κ3) is 12.4. The number of hydrogen-bond acceptors (Lipinski definition) is 12. The summed E-state index contributed by atoms with van der Waals surface area (Å²) in [5, 5.41) is 45.4. The second-order valence-corrected chi connectivity index (χ2v) is 46.9. The van der Waals surface area contributed by atoms with Gasteiger partial charge in [0, 0.05) is 52.6 Å². The number of halogens is 1. The molecule has 114 heavy (non-hydrogen) atoms. The summed E-state index contributed by atoms with van der Waals surface area (Å²) in [5.41, 5.74) is 2.26. The van der Waals surface area contributed by atoms with Gasteiger partial charge in [0.25, 0.3) is 0 Å². The van der Waals surface area contributed by atoms with Crippen LogP contribution in [0.5, 0.6) is 0 Å². The molecule has 0 bridgehead atoms. The Balaban J connectivity index is 0.000000110. The van der Waals surface area contributed by atoms with Gasteiger partial charge in [0.1, 0.15) is 0 Å². The summed E-state index contributed by atoms with van der Waals surface area (Å²) in [6.07, 6.45) is 53.7. The molecular weight excluding hydrogens is 1420 g/mol. The Morgan fingerprint density at radius 1 is 0.395 bits per heavy atom. The quantitative estimate of drug-likeness (QED) is 0.213. The summed E-state index contributed by atoms with van der Waals surface area (Å²) >= 11 is 0. The largest absolute Gasteiger partial charge is 0.465 e. The van der Waals surface area contributed by atoms with Crippen LogP contribution in [0.4, 0.5) is 4.70 Å². The zero-order chi connectivity index (χ0) is 79.3. The molecule has 3 saturated heterocycles. The Morgan fingerprint density at radius 3 is 1.36 bits per heavy atom. The van der Waals surface area contributed by atoms with Crippen LogP contribution < -0.4 is 11.3 Å². The Kier molecular flexibility index (Phi) is 21.7. The van der Waals surface area contributed by atoms with Crippen molar-refractivity contribution in [3.05, 3.63) is 68.8 Å². The molecule has 5 heterocycles. The van der Waals surface area contributed by atoms with Crippen molar-refractivity contribution in [2.24, 2.45) is 155 Å². The summed E-state index contributed by atoms with van der Waals surface area (Å²) in [7, 11) is 0.